The number of rotatable bonds is 5. The minimum Gasteiger partial charge on any atom is -0.350 e. The van der Waals surface area contributed by atoms with Gasteiger partial charge in [-0.15, -0.1) is 0 Å². The van der Waals surface area contributed by atoms with Crippen LogP contribution in [0.3, 0.4) is 0 Å². The summed E-state index contributed by atoms with van der Waals surface area (Å²) in [7, 11) is 0. The van der Waals surface area contributed by atoms with E-state index in [1.807, 2.05) is 6.92 Å². The third kappa shape index (κ3) is 3.76. The van der Waals surface area contributed by atoms with Crippen molar-refractivity contribution in [3.8, 4) is 0 Å². The van der Waals surface area contributed by atoms with Gasteiger partial charge in [0.25, 0.3) is 0 Å². The van der Waals surface area contributed by atoms with Crippen LogP contribution in [0.15, 0.2) is 0 Å². The second-order valence-corrected chi connectivity index (χ2v) is 5.71. The zero-order chi connectivity index (χ0) is 12.0. The molecular formula is C13H24BrNO. The summed E-state index contributed by atoms with van der Waals surface area (Å²) in [5.41, 5.74) is 0.0390. The molecule has 16 heavy (non-hydrogen) atoms. The fourth-order valence-corrected chi connectivity index (χ4v) is 3.17. The van der Waals surface area contributed by atoms with Crippen LogP contribution in [0.4, 0.5) is 0 Å². The van der Waals surface area contributed by atoms with Crippen molar-refractivity contribution in [2.75, 3.05) is 5.33 Å². The summed E-state index contributed by atoms with van der Waals surface area (Å²) in [5.74, 6) is 0.394. The highest BCUT2D eigenvalue weighted by Gasteiger charge is 2.33. The van der Waals surface area contributed by atoms with Gasteiger partial charge in [-0.25, -0.2) is 0 Å². The lowest BCUT2D eigenvalue weighted by molar-refractivity contribution is -0.126. The lowest BCUT2D eigenvalue weighted by Gasteiger charge is -2.37. The zero-order valence-corrected chi connectivity index (χ0v) is 12.1. The first kappa shape index (κ1) is 14.0. The highest BCUT2D eigenvalue weighted by molar-refractivity contribution is 9.09. The Balaban J connectivity index is 2.51. The molecule has 1 aliphatic carbocycles. The largest absolute Gasteiger partial charge is 0.350 e. The molecule has 1 unspecified atom stereocenters. The summed E-state index contributed by atoms with van der Waals surface area (Å²) in [4.78, 5) is 12.0. The van der Waals surface area contributed by atoms with Crippen LogP contribution in [0, 0.1) is 5.92 Å². The van der Waals surface area contributed by atoms with E-state index in [1.54, 1.807) is 0 Å². The fourth-order valence-electron chi connectivity index (χ4n) is 2.47. The van der Waals surface area contributed by atoms with E-state index in [4.69, 9.17) is 0 Å². The number of nitrogens with one attached hydrogen (secondary N) is 1. The quantitative estimate of drug-likeness (QED) is 0.770. The van der Waals surface area contributed by atoms with Crippen molar-refractivity contribution < 1.29 is 4.79 Å². The van der Waals surface area contributed by atoms with Gasteiger partial charge in [-0.1, -0.05) is 55.5 Å². The molecule has 3 heteroatoms. The minimum absolute atomic E-state index is 0.0390. The van der Waals surface area contributed by atoms with E-state index in [0.29, 0.717) is 0 Å². The smallest absolute Gasteiger partial charge is 0.223 e. The molecule has 0 spiro atoms. The van der Waals surface area contributed by atoms with Gasteiger partial charge < -0.3 is 5.32 Å². The van der Waals surface area contributed by atoms with Crippen molar-refractivity contribution in [3.05, 3.63) is 0 Å². The number of hydrogen-bond donors (Lipinski definition) is 1. The number of alkyl halides is 1. The maximum Gasteiger partial charge on any atom is 0.223 e. The molecule has 1 atom stereocenters. The zero-order valence-electron chi connectivity index (χ0n) is 10.5. The molecule has 0 aromatic rings. The van der Waals surface area contributed by atoms with Crippen LogP contribution < -0.4 is 5.32 Å². The first-order valence-corrected chi connectivity index (χ1v) is 7.63. The standard InChI is InChI=1S/C13H24BrNO/c1-3-7-11(2)12(16)15-13(10-14)8-5-4-6-9-13/h11H,3-10H2,1-2H3,(H,15,16). The summed E-state index contributed by atoms with van der Waals surface area (Å²) in [6.45, 7) is 4.16. The molecule has 1 rings (SSSR count). The Morgan fingerprint density at radius 2 is 2.00 bits per heavy atom. The van der Waals surface area contributed by atoms with Gasteiger partial charge in [-0.3, -0.25) is 4.79 Å². The van der Waals surface area contributed by atoms with Gasteiger partial charge >= 0.3 is 0 Å². The highest BCUT2D eigenvalue weighted by Crippen LogP contribution is 2.30. The van der Waals surface area contributed by atoms with Crippen molar-refractivity contribution >= 4 is 21.8 Å². The second kappa shape index (κ2) is 6.63. The Labute approximate surface area is 108 Å². The Hall–Kier alpha value is -0.0500. The van der Waals surface area contributed by atoms with Crippen LogP contribution in [0.5, 0.6) is 0 Å². The highest BCUT2D eigenvalue weighted by atomic mass is 79.9. The molecular weight excluding hydrogens is 266 g/mol. The van der Waals surface area contributed by atoms with Gasteiger partial charge in [0.1, 0.15) is 0 Å². The Morgan fingerprint density at radius 3 is 2.50 bits per heavy atom. The SMILES string of the molecule is CCCC(C)C(=O)NC1(CBr)CCCCC1. The van der Waals surface area contributed by atoms with Crippen LogP contribution in [-0.4, -0.2) is 16.8 Å². The fraction of sp³-hybridized carbons (Fsp3) is 0.923. The average Bonchev–Trinajstić information content (AvgIpc) is 2.30. The van der Waals surface area contributed by atoms with Crippen LogP contribution in [0.1, 0.15) is 58.8 Å². The van der Waals surface area contributed by atoms with Crippen LogP contribution in [0.25, 0.3) is 0 Å². The number of hydrogen-bond acceptors (Lipinski definition) is 1. The van der Waals surface area contributed by atoms with Gasteiger partial charge in [-0.05, 0) is 19.3 Å². The molecule has 1 aliphatic rings. The van der Waals surface area contributed by atoms with Crippen molar-refractivity contribution in [1.82, 2.24) is 5.32 Å². The maximum absolute atomic E-state index is 12.0. The second-order valence-electron chi connectivity index (χ2n) is 5.15. The molecule has 94 valence electrons. The number of carbonyl (C=O) groups excluding carboxylic acids is 1. The normalized spacial score (nSPS) is 21.4. The van der Waals surface area contributed by atoms with Crippen molar-refractivity contribution in [2.24, 2.45) is 5.92 Å². The minimum atomic E-state index is 0.0390. The number of halogens is 1. The van der Waals surface area contributed by atoms with E-state index in [2.05, 4.69) is 28.2 Å². The van der Waals surface area contributed by atoms with Gasteiger partial charge in [0.2, 0.25) is 5.91 Å². The lowest BCUT2D eigenvalue weighted by atomic mass is 9.83. The maximum atomic E-state index is 12.0. The Bertz CT molecular complexity index is 224. The van der Waals surface area contributed by atoms with Crippen molar-refractivity contribution in [2.45, 2.75) is 64.3 Å². The predicted molar refractivity (Wildman–Crippen MR) is 71.8 cm³/mol. The summed E-state index contributed by atoms with van der Waals surface area (Å²) in [5, 5.41) is 4.17. The molecule has 0 heterocycles. The molecule has 0 radical (unpaired) electrons. The molecule has 0 saturated heterocycles. The van der Waals surface area contributed by atoms with Crippen molar-refractivity contribution in [3.63, 3.8) is 0 Å². The summed E-state index contributed by atoms with van der Waals surface area (Å²) < 4.78 is 0. The average molecular weight is 290 g/mol. The Morgan fingerprint density at radius 1 is 1.38 bits per heavy atom. The molecule has 0 bridgehead atoms. The van der Waals surface area contributed by atoms with E-state index in [0.717, 1.165) is 31.0 Å². The summed E-state index contributed by atoms with van der Waals surface area (Å²) >= 11 is 3.57. The summed E-state index contributed by atoms with van der Waals surface area (Å²) in [6, 6.07) is 0. The van der Waals surface area contributed by atoms with Crippen LogP contribution >= 0.6 is 15.9 Å². The van der Waals surface area contributed by atoms with Crippen molar-refractivity contribution in [1.29, 1.82) is 0 Å². The van der Waals surface area contributed by atoms with E-state index in [-0.39, 0.29) is 17.4 Å². The van der Waals surface area contributed by atoms with E-state index in [9.17, 15) is 4.79 Å². The van der Waals surface area contributed by atoms with Crippen LogP contribution in [0.2, 0.25) is 0 Å². The van der Waals surface area contributed by atoms with E-state index >= 15 is 0 Å². The molecule has 1 fully saturated rings. The van der Waals surface area contributed by atoms with E-state index < -0.39 is 0 Å². The summed E-state index contributed by atoms with van der Waals surface area (Å²) in [6.07, 6.45) is 8.13. The van der Waals surface area contributed by atoms with E-state index in [1.165, 1.54) is 19.3 Å². The first-order chi connectivity index (χ1) is 7.63. The third-order valence-corrected chi connectivity index (χ3v) is 4.70. The van der Waals surface area contributed by atoms with Gasteiger partial charge in [0.15, 0.2) is 0 Å². The lowest BCUT2D eigenvalue weighted by Crippen LogP contribution is -2.52. The van der Waals surface area contributed by atoms with Gasteiger partial charge in [0.05, 0.1) is 0 Å². The molecule has 0 aromatic heterocycles. The molecule has 0 aromatic carbocycles. The number of carbonyl (C=O) groups is 1. The van der Waals surface area contributed by atoms with Gasteiger partial charge in [-0.2, -0.15) is 0 Å². The van der Waals surface area contributed by atoms with Gasteiger partial charge in [0, 0.05) is 16.8 Å². The molecule has 1 N–H and O–H groups in total. The predicted octanol–water partition coefficient (Wildman–Crippen LogP) is 3.64. The Kier molecular flexibility index (Phi) is 5.81. The first-order valence-electron chi connectivity index (χ1n) is 6.51. The van der Waals surface area contributed by atoms with Crippen LogP contribution in [-0.2, 0) is 4.79 Å². The molecule has 0 aliphatic heterocycles. The molecule has 1 saturated carbocycles. The molecule has 1 amide bonds. The monoisotopic (exact) mass is 289 g/mol. The molecule has 2 nitrogen and oxygen atoms in total. The third-order valence-electron chi connectivity index (χ3n) is 3.62. The topological polar surface area (TPSA) is 29.1 Å². The number of amides is 1.